The minimum atomic E-state index is 0.122. The molecule has 0 aromatic heterocycles. The van der Waals surface area contributed by atoms with E-state index in [1.165, 1.54) is 197 Å². The molecule has 0 spiro atoms. The van der Waals surface area contributed by atoms with Crippen LogP contribution in [0, 0.1) is 25.2 Å². The second-order valence-corrected chi connectivity index (χ2v) is 27.1. The first-order chi connectivity index (χ1) is 42.1. The van der Waals surface area contributed by atoms with Gasteiger partial charge in [0.1, 0.15) is 0 Å². The number of aryl methyl sites for hydroxylation is 4. The third-order valence-electron chi connectivity index (χ3n) is 17.0. The van der Waals surface area contributed by atoms with Crippen LogP contribution >= 0.6 is 0 Å². The van der Waals surface area contributed by atoms with Crippen LogP contribution < -0.4 is 0 Å². The van der Waals surface area contributed by atoms with E-state index in [-0.39, 0.29) is 10.8 Å². The molecular weight excluding hydrogens is 1060 g/mol. The second kappa shape index (κ2) is 46.0. The average molecular weight is 1190 g/mol. The van der Waals surface area contributed by atoms with Crippen LogP contribution in [0.25, 0.3) is 39.5 Å². The van der Waals surface area contributed by atoms with Crippen LogP contribution in [0.5, 0.6) is 0 Å². The van der Waals surface area contributed by atoms with Gasteiger partial charge in [0.05, 0.1) is 0 Å². The highest BCUT2D eigenvalue weighted by atomic mass is 14.2. The lowest BCUT2D eigenvalue weighted by Gasteiger charge is -2.21. The molecule has 0 nitrogen and oxygen atoms in total. The topological polar surface area (TPSA) is 0 Å². The van der Waals surface area contributed by atoms with E-state index in [4.69, 9.17) is 0 Å². The number of benzene rings is 5. The summed E-state index contributed by atoms with van der Waals surface area (Å²) in [6, 6.07) is 39.8. The first kappa shape index (κ1) is 80.8. The maximum absolute atomic E-state index is 2.48. The molecule has 0 aliphatic heterocycles. The van der Waals surface area contributed by atoms with Gasteiger partial charge in [0, 0.05) is 0 Å². The van der Waals surface area contributed by atoms with Crippen LogP contribution in [0.1, 0.15) is 329 Å². The minimum Gasteiger partial charge on any atom is -0.0683 e. The van der Waals surface area contributed by atoms with Crippen molar-refractivity contribution >= 4 is 28.4 Å². The molecule has 0 unspecified atom stereocenters. The molecule has 0 heteroatoms. The Bertz CT molecular complexity index is 2780. The summed E-state index contributed by atoms with van der Waals surface area (Å²) < 4.78 is 0. The summed E-state index contributed by atoms with van der Waals surface area (Å²) in [6.07, 6.45) is 40.9. The summed E-state index contributed by atoms with van der Waals surface area (Å²) in [5, 5.41) is 0. The third kappa shape index (κ3) is 31.0. The number of allylic oxidation sites excluding steroid dienone is 9. The SMILES string of the molecule is CC.CC.CCC.CCC/C(=C\C=C(/C)c1ccc(-c2ccc(C(C)(C)C)cc2C)c(C)c1)c1ccc(/C(C)=C/C=C(\C)C(C)(C)C)c(/C=C(\Cc2ccc(CCC)cc2)c2ccc(CCC)cc2)c1.CCCCCCCCC(C)CCCCCCCC. The van der Waals surface area contributed by atoms with E-state index in [9.17, 15) is 0 Å². The Morgan fingerprint density at radius 1 is 0.432 bits per heavy atom. The highest BCUT2D eigenvalue weighted by Gasteiger charge is 2.17. The third-order valence-corrected chi connectivity index (χ3v) is 17.0. The standard InChI is InChI=1S/C63H78.C18H38.C3H8.2C2H6/c1-15-18-49-24-26-51(27-25-49)41-56(53-31-28-50(19-16-2)29-32-53)43-57-42-55(34-36-59(57)45(5)21-23-48(8)62(9,10)11)52(20-17-3)30-22-44(4)54-33-37-60(46(6)39-54)61-38-35-58(40-47(61)7)63(12,13)14;1-4-6-8-10-12-14-16-18(3)17-15-13-11-9-7-5-2;1-3-2;2*1-2/h21-40,42-43H,15-20,41H2,1-14H3;18H,4-17H2,1-3H3;3H2,1-2H3;2*1-2H3/b44-22+,45-21+,48-23+,52-30+,56-43+;;;;. The van der Waals surface area contributed by atoms with Gasteiger partial charge in [-0.25, -0.2) is 0 Å². The number of hydrogen-bond donors (Lipinski definition) is 0. The van der Waals surface area contributed by atoms with Gasteiger partial charge in [-0.3, -0.25) is 0 Å². The normalized spacial score (nSPS) is 12.3. The summed E-state index contributed by atoms with van der Waals surface area (Å²) in [5.74, 6) is 0.974. The van der Waals surface area contributed by atoms with E-state index < -0.39 is 0 Å². The monoisotopic (exact) mass is 1190 g/mol. The van der Waals surface area contributed by atoms with Crippen LogP contribution in [0.3, 0.4) is 0 Å². The fourth-order valence-electron chi connectivity index (χ4n) is 11.0. The van der Waals surface area contributed by atoms with Crippen molar-refractivity contribution in [3.63, 3.8) is 0 Å². The number of unbranched alkanes of at least 4 members (excludes halogenated alkanes) is 10. The molecule has 5 aromatic rings. The zero-order chi connectivity index (χ0) is 66.1. The molecule has 0 aliphatic rings. The first-order valence-electron chi connectivity index (χ1n) is 36.1. The Hall–Kier alpha value is -5.20. The Kier molecular flexibility index (Phi) is 42.2. The zero-order valence-corrected chi connectivity index (χ0v) is 61.8. The van der Waals surface area contributed by atoms with Gasteiger partial charge in [0.2, 0.25) is 0 Å². The lowest BCUT2D eigenvalue weighted by Crippen LogP contribution is -2.11. The highest BCUT2D eigenvalue weighted by molar-refractivity contribution is 5.88. The second-order valence-electron chi connectivity index (χ2n) is 27.1. The summed E-state index contributed by atoms with van der Waals surface area (Å²) in [7, 11) is 0. The summed E-state index contributed by atoms with van der Waals surface area (Å²) in [4.78, 5) is 0. The zero-order valence-electron chi connectivity index (χ0n) is 61.8. The lowest BCUT2D eigenvalue weighted by atomic mass is 9.84. The minimum absolute atomic E-state index is 0.122. The summed E-state index contributed by atoms with van der Waals surface area (Å²) in [5.41, 5.74) is 24.1. The van der Waals surface area contributed by atoms with Crippen molar-refractivity contribution in [3.8, 4) is 11.1 Å². The largest absolute Gasteiger partial charge is 0.0683 e. The molecule has 0 atom stereocenters. The molecule has 0 heterocycles. The maximum atomic E-state index is 2.48. The Balaban J connectivity index is 0.00000131. The van der Waals surface area contributed by atoms with Crippen molar-refractivity contribution in [2.75, 3.05) is 0 Å². The molecule has 0 saturated carbocycles. The molecule has 0 bridgehead atoms. The van der Waals surface area contributed by atoms with Gasteiger partial charge in [0.15, 0.2) is 0 Å². The van der Waals surface area contributed by atoms with Crippen molar-refractivity contribution in [1.29, 1.82) is 0 Å². The molecular formula is C88H136. The van der Waals surface area contributed by atoms with E-state index in [2.05, 4.69) is 265 Å². The van der Waals surface area contributed by atoms with E-state index in [1.807, 2.05) is 27.7 Å². The van der Waals surface area contributed by atoms with Crippen LogP contribution in [0.2, 0.25) is 0 Å². The van der Waals surface area contributed by atoms with Crippen molar-refractivity contribution in [3.05, 3.63) is 194 Å². The van der Waals surface area contributed by atoms with E-state index in [0.29, 0.717) is 0 Å². The molecule has 0 N–H and O–H groups in total. The summed E-state index contributed by atoms with van der Waals surface area (Å²) >= 11 is 0. The summed E-state index contributed by atoms with van der Waals surface area (Å²) in [6.45, 7) is 51.1. The molecule has 0 saturated heterocycles. The van der Waals surface area contributed by atoms with Gasteiger partial charge in [-0.1, -0.05) is 373 Å². The Morgan fingerprint density at radius 3 is 1.36 bits per heavy atom. The highest BCUT2D eigenvalue weighted by Crippen LogP contribution is 2.35. The predicted molar refractivity (Wildman–Crippen MR) is 406 cm³/mol. The lowest BCUT2D eigenvalue weighted by molar-refractivity contribution is 0.431. The van der Waals surface area contributed by atoms with Crippen LogP contribution in [0.15, 0.2) is 133 Å². The molecule has 88 heavy (non-hydrogen) atoms. The van der Waals surface area contributed by atoms with Crippen LogP contribution in [-0.2, 0) is 24.7 Å². The van der Waals surface area contributed by atoms with E-state index >= 15 is 0 Å². The molecule has 0 amide bonds. The quantitative estimate of drug-likeness (QED) is 0.0244. The Labute approximate surface area is 547 Å². The molecule has 488 valence electrons. The first-order valence-corrected chi connectivity index (χ1v) is 36.1. The smallest absolute Gasteiger partial charge is 0.00196 e. The maximum Gasteiger partial charge on any atom is -0.00196 e. The van der Waals surface area contributed by atoms with Crippen molar-refractivity contribution in [2.45, 2.75) is 306 Å². The van der Waals surface area contributed by atoms with Gasteiger partial charge in [0.25, 0.3) is 0 Å². The van der Waals surface area contributed by atoms with Gasteiger partial charge >= 0.3 is 0 Å². The molecule has 0 fully saturated rings. The van der Waals surface area contributed by atoms with Crippen LogP contribution in [-0.4, -0.2) is 0 Å². The van der Waals surface area contributed by atoms with Gasteiger partial charge in [-0.15, -0.1) is 0 Å². The molecule has 0 aliphatic carbocycles. The van der Waals surface area contributed by atoms with Gasteiger partial charge in [-0.05, 0) is 178 Å². The van der Waals surface area contributed by atoms with Crippen molar-refractivity contribution in [2.24, 2.45) is 11.3 Å². The van der Waals surface area contributed by atoms with E-state index in [0.717, 1.165) is 50.9 Å². The van der Waals surface area contributed by atoms with Crippen molar-refractivity contribution < 1.29 is 0 Å². The molecule has 0 radical (unpaired) electrons. The van der Waals surface area contributed by atoms with Crippen molar-refractivity contribution in [1.82, 2.24) is 0 Å². The molecule has 5 aromatic carbocycles. The molecule has 5 rings (SSSR count). The average Bonchev–Trinajstić information content (AvgIpc) is 2.98. The fourth-order valence-corrected chi connectivity index (χ4v) is 11.0. The Morgan fingerprint density at radius 2 is 0.886 bits per heavy atom. The fraction of sp³-hybridized carbons (Fsp3) is 0.545. The van der Waals surface area contributed by atoms with Crippen LogP contribution in [0.4, 0.5) is 0 Å². The van der Waals surface area contributed by atoms with Gasteiger partial charge in [-0.2, -0.15) is 0 Å². The number of rotatable bonds is 30. The van der Waals surface area contributed by atoms with Gasteiger partial charge < -0.3 is 0 Å². The number of hydrogen-bond acceptors (Lipinski definition) is 0. The predicted octanol–water partition coefficient (Wildman–Crippen LogP) is 29.2. The van der Waals surface area contributed by atoms with E-state index in [1.54, 1.807) is 0 Å².